The third-order valence-corrected chi connectivity index (χ3v) is 11.0. The number of hydrogen-bond acceptors (Lipinski definition) is 8. The summed E-state index contributed by atoms with van der Waals surface area (Å²) in [5.74, 6) is 1.92. The van der Waals surface area contributed by atoms with Gasteiger partial charge in [-0.25, -0.2) is 0 Å². The first kappa shape index (κ1) is 27.6. The zero-order valence-electron chi connectivity index (χ0n) is 20.8. The van der Waals surface area contributed by atoms with E-state index in [4.69, 9.17) is 31.7 Å². The number of aryl methyl sites for hydroxylation is 3. The van der Waals surface area contributed by atoms with Crippen molar-refractivity contribution in [3.8, 4) is 17.2 Å². The van der Waals surface area contributed by atoms with Crippen LogP contribution in [-0.4, -0.2) is 21.3 Å². The fourth-order valence-corrected chi connectivity index (χ4v) is 9.09. The minimum absolute atomic E-state index is 0.601. The molecule has 11 heteroatoms. The maximum atomic E-state index is 6.38. The van der Waals surface area contributed by atoms with E-state index < -0.39 is 24.7 Å². The van der Waals surface area contributed by atoms with Crippen LogP contribution < -0.4 is 18.4 Å². The molecule has 3 aromatic carbocycles. The normalized spacial score (nSPS) is 13.8. The summed E-state index contributed by atoms with van der Waals surface area (Å²) in [6, 6.07) is 23.1. The Morgan fingerprint density at radius 1 is 0.771 bits per heavy atom. The molecule has 8 nitrogen and oxygen atoms in total. The third-order valence-electron chi connectivity index (χ3n) is 4.71. The van der Waals surface area contributed by atoms with E-state index in [1.165, 1.54) is 7.11 Å². The summed E-state index contributed by atoms with van der Waals surface area (Å²) in [4.78, 5) is 3.28. The summed E-state index contributed by atoms with van der Waals surface area (Å²) >= 11 is 0. The van der Waals surface area contributed by atoms with Crippen molar-refractivity contribution in [3.63, 3.8) is 0 Å². The standard InChI is InChI=1S/C24H33N2O6P3/c1-19-10-7-13-22(16-19)30-33(27-4)25-35(29-6,32-24-15-9-12-21(3)18-24)26-34(28-5)31-23-14-8-11-20(2)17-23/h7-18,25,34-35H,1-6H3. The van der Waals surface area contributed by atoms with Crippen molar-refractivity contribution in [2.45, 2.75) is 20.8 Å². The summed E-state index contributed by atoms with van der Waals surface area (Å²) in [6.07, 6.45) is 0. The van der Waals surface area contributed by atoms with E-state index >= 15 is 0 Å². The number of rotatable bonds is 12. The fraction of sp³-hybridized carbons (Fsp3) is 0.250. The second-order valence-electron chi connectivity index (χ2n) is 7.66. The summed E-state index contributed by atoms with van der Waals surface area (Å²) in [5.41, 5.74) is 3.18. The second-order valence-corrected chi connectivity index (χ2v) is 13.4. The Balaban J connectivity index is 1.95. The van der Waals surface area contributed by atoms with Crippen LogP contribution in [0.2, 0.25) is 0 Å². The quantitative estimate of drug-likeness (QED) is 0.239. The van der Waals surface area contributed by atoms with Crippen molar-refractivity contribution in [3.05, 3.63) is 89.5 Å². The van der Waals surface area contributed by atoms with E-state index in [2.05, 4.69) is 4.86 Å². The molecule has 0 saturated carbocycles. The van der Waals surface area contributed by atoms with Gasteiger partial charge in [-0.1, -0.05) is 0 Å². The van der Waals surface area contributed by atoms with Crippen molar-refractivity contribution in [1.82, 2.24) is 4.86 Å². The first-order valence-corrected chi connectivity index (χ1v) is 15.1. The average molecular weight is 538 g/mol. The van der Waals surface area contributed by atoms with Crippen LogP contribution in [0, 0.1) is 20.8 Å². The van der Waals surface area contributed by atoms with Gasteiger partial charge in [0, 0.05) is 0 Å². The predicted molar refractivity (Wildman–Crippen MR) is 146 cm³/mol. The molecule has 0 spiro atoms. The first-order valence-electron chi connectivity index (χ1n) is 10.9. The van der Waals surface area contributed by atoms with Crippen LogP contribution in [0.1, 0.15) is 16.7 Å². The molecule has 0 aliphatic carbocycles. The zero-order chi connectivity index (χ0) is 25.3. The van der Waals surface area contributed by atoms with Crippen molar-refractivity contribution in [1.29, 1.82) is 0 Å². The monoisotopic (exact) mass is 538 g/mol. The van der Waals surface area contributed by atoms with E-state index in [0.29, 0.717) is 17.2 Å². The summed E-state index contributed by atoms with van der Waals surface area (Å²) in [5, 5.41) is 0. The molecule has 0 amide bonds. The number of benzene rings is 3. The van der Waals surface area contributed by atoms with E-state index in [9.17, 15) is 0 Å². The number of nitrogens with one attached hydrogen (secondary N) is 1. The molecule has 0 aromatic heterocycles. The van der Waals surface area contributed by atoms with Crippen LogP contribution >= 0.6 is 24.7 Å². The topological polar surface area (TPSA) is 79.8 Å². The minimum atomic E-state index is -3.59. The number of hydrogen-bond donors (Lipinski definition) is 1. The van der Waals surface area contributed by atoms with Gasteiger partial charge < -0.3 is 0 Å². The van der Waals surface area contributed by atoms with Gasteiger partial charge in [-0.2, -0.15) is 0 Å². The summed E-state index contributed by atoms with van der Waals surface area (Å²) in [6.45, 7) is 5.98. The molecule has 3 rings (SSSR count). The first-order chi connectivity index (χ1) is 16.8. The van der Waals surface area contributed by atoms with Gasteiger partial charge in [0.25, 0.3) is 0 Å². The number of nitrogens with zero attached hydrogens (tertiary/aromatic N) is 1. The van der Waals surface area contributed by atoms with Gasteiger partial charge in [0.05, 0.1) is 0 Å². The Kier molecular flexibility index (Phi) is 10.5. The Morgan fingerprint density at radius 3 is 1.86 bits per heavy atom. The maximum absolute atomic E-state index is 6.38. The van der Waals surface area contributed by atoms with Crippen molar-refractivity contribution in [2.24, 2.45) is 4.52 Å². The van der Waals surface area contributed by atoms with E-state index in [1.807, 2.05) is 93.6 Å². The Morgan fingerprint density at radius 2 is 1.31 bits per heavy atom. The van der Waals surface area contributed by atoms with Crippen LogP contribution in [0.4, 0.5) is 0 Å². The van der Waals surface area contributed by atoms with E-state index in [1.54, 1.807) is 14.2 Å². The van der Waals surface area contributed by atoms with Gasteiger partial charge in [0.2, 0.25) is 0 Å². The second kappa shape index (κ2) is 13.3. The molecule has 0 radical (unpaired) electrons. The Hall–Kier alpha value is -2.01. The summed E-state index contributed by atoms with van der Waals surface area (Å²) < 4.78 is 40.6. The van der Waals surface area contributed by atoms with Gasteiger partial charge in [-0.3, -0.25) is 0 Å². The van der Waals surface area contributed by atoms with E-state index in [0.717, 1.165) is 16.7 Å². The van der Waals surface area contributed by atoms with Gasteiger partial charge in [-0.15, -0.1) is 0 Å². The Bertz CT molecular complexity index is 1150. The molecular formula is C24H33N2O6P3. The van der Waals surface area contributed by atoms with Gasteiger partial charge >= 0.3 is 210 Å². The van der Waals surface area contributed by atoms with E-state index in [-0.39, 0.29) is 0 Å². The van der Waals surface area contributed by atoms with Crippen LogP contribution in [-0.2, 0) is 13.6 Å². The molecule has 35 heavy (non-hydrogen) atoms. The molecule has 2 unspecified atom stereocenters. The molecule has 0 heterocycles. The Labute approximate surface area is 210 Å². The van der Waals surface area contributed by atoms with Crippen molar-refractivity contribution >= 4 is 24.7 Å². The van der Waals surface area contributed by atoms with Gasteiger partial charge in [0.1, 0.15) is 0 Å². The molecular weight excluding hydrogens is 505 g/mol. The van der Waals surface area contributed by atoms with Crippen LogP contribution in [0.25, 0.3) is 0 Å². The van der Waals surface area contributed by atoms with Gasteiger partial charge in [0.15, 0.2) is 0 Å². The molecule has 2 atom stereocenters. The van der Waals surface area contributed by atoms with Crippen molar-refractivity contribution < 1.29 is 27.1 Å². The molecule has 0 aliphatic rings. The molecule has 0 fully saturated rings. The summed E-state index contributed by atoms with van der Waals surface area (Å²) in [7, 11) is -2.82. The van der Waals surface area contributed by atoms with Crippen LogP contribution in [0.3, 0.4) is 0 Å². The zero-order valence-corrected chi connectivity index (χ0v) is 23.7. The molecule has 3 aromatic rings. The molecule has 0 saturated heterocycles. The predicted octanol–water partition coefficient (Wildman–Crippen LogP) is 7.54. The molecule has 0 aliphatic heterocycles. The molecule has 0 bridgehead atoms. The van der Waals surface area contributed by atoms with Gasteiger partial charge in [-0.05, 0) is 0 Å². The molecule has 190 valence electrons. The fourth-order valence-electron chi connectivity index (χ4n) is 3.04. The average Bonchev–Trinajstić information content (AvgIpc) is 2.83. The van der Waals surface area contributed by atoms with Crippen molar-refractivity contribution in [2.75, 3.05) is 21.3 Å². The third kappa shape index (κ3) is 8.56. The molecule has 1 N–H and O–H groups in total. The van der Waals surface area contributed by atoms with Crippen LogP contribution in [0.15, 0.2) is 77.3 Å². The SMILES string of the molecule is COP(N[PH](/N=[PH](/OC)Oc1cccc(C)c1)(OC)Oc1cccc(C)c1)Oc1cccc(C)c1. The van der Waals surface area contributed by atoms with Crippen LogP contribution in [0.5, 0.6) is 17.2 Å².